The molecule has 0 aliphatic heterocycles. The maximum absolute atomic E-state index is 6.00. The van der Waals surface area contributed by atoms with Crippen LogP contribution in [0.1, 0.15) is 12.0 Å². The quantitative estimate of drug-likeness (QED) is 0.749. The molecule has 2 aromatic heterocycles. The van der Waals surface area contributed by atoms with Gasteiger partial charge in [-0.3, -0.25) is 0 Å². The summed E-state index contributed by atoms with van der Waals surface area (Å²) in [5.74, 6) is 0.173. The van der Waals surface area contributed by atoms with E-state index in [1.165, 1.54) is 5.56 Å². The lowest BCUT2D eigenvalue weighted by Crippen LogP contribution is -2.02. The van der Waals surface area contributed by atoms with Crippen LogP contribution in [-0.4, -0.2) is 19.5 Å². The zero-order valence-electron chi connectivity index (χ0n) is 10.8. The Balaban J connectivity index is 1.75. The van der Waals surface area contributed by atoms with Gasteiger partial charge < -0.3 is 10.3 Å². The monoisotopic (exact) mass is 287 g/mol. The minimum absolute atomic E-state index is 0.173. The van der Waals surface area contributed by atoms with Gasteiger partial charge in [0.25, 0.3) is 0 Å². The number of hydrogen-bond acceptors (Lipinski definition) is 4. The van der Waals surface area contributed by atoms with E-state index in [0.717, 1.165) is 19.4 Å². The maximum atomic E-state index is 6.00. The number of imidazole rings is 1. The van der Waals surface area contributed by atoms with Gasteiger partial charge in [0.2, 0.25) is 5.95 Å². The lowest BCUT2D eigenvalue weighted by Gasteiger charge is -2.04. The molecular weight excluding hydrogens is 274 g/mol. The lowest BCUT2D eigenvalue weighted by molar-refractivity contribution is 0.653. The van der Waals surface area contributed by atoms with Crippen molar-refractivity contribution >= 4 is 28.7 Å². The molecule has 0 fully saturated rings. The molecule has 3 aromatic rings. The molecule has 102 valence electrons. The minimum Gasteiger partial charge on any atom is -0.368 e. The number of aryl methyl sites for hydroxylation is 2. The van der Waals surface area contributed by atoms with Crippen LogP contribution in [0.3, 0.4) is 0 Å². The maximum Gasteiger partial charge on any atom is 0.223 e. The lowest BCUT2D eigenvalue weighted by atomic mass is 10.1. The third kappa shape index (κ3) is 2.58. The molecule has 0 amide bonds. The van der Waals surface area contributed by atoms with E-state index in [-0.39, 0.29) is 5.95 Å². The second-order valence-corrected chi connectivity index (χ2v) is 4.93. The van der Waals surface area contributed by atoms with E-state index >= 15 is 0 Å². The molecule has 2 heterocycles. The van der Waals surface area contributed by atoms with E-state index in [9.17, 15) is 0 Å². The van der Waals surface area contributed by atoms with Crippen LogP contribution in [0, 0.1) is 0 Å². The van der Waals surface area contributed by atoms with Crippen molar-refractivity contribution in [3.8, 4) is 0 Å². The number of nitrogens with two attached hydrogens (primary N) is 1. The van der Waals surface area contributed by atoms with Crippen molar-refractivity contribution in [1.29, 1.82) is 0 Å². The van der Waals surface area contributed by atoms with Crippen LogP contribution < -0.4 is 5.73 Å². The number of nitrogen functional groups attached to an aromatic ring is 1. The Kier molecular flexibility index (Phi) is 3.52. The summed E-state index contributed by atoms with van der Waals surface area (Å²) < 4.78 is 1.96. The molecule has 2 N–H and O–H groups in total. The van der Waals surface area contributed by atoms with Crippen molar-refractivity contribution in [2.45, 2.75) is 19.4 Å². The van der Waals surface area contributed by atoms with Crippen LogP contribution in [0.2, 0.25) is 5.15 Å². The summed E-state index contributed by atoms with van der Waals surface area (Å²) in [5.41, 5.74) is 8.24. The second-order valence-electron chi connectivity index (χ2n) is 4.57. The van der Waals surface area contributed by atoms with Crippen LogP contribution in [-0.2, 0) is 13.0 Å². The highest BCUT2D eigenvalue weighted by Gasteiger charge is 2.10. The van der Waals surface area contributed by atoms with Crippen LogP contribution in [0.25, 0.3) is 11.2 Å². The van der Waals surface area contributed by atoms with E-state index in [4.69, 9.17) is 17.3 Å². The summed E-state index contributed by atoms with van der Waals surface area (Å²) >= 11 is 6.00. The Labute approximate surface area is 121 Å². The Bertz CT molecular complexity index is 723. The van der Waals surface area contributed by atoms with Gasteiger partial charge in [-0.15, -0.1) is 0 Å². The topological polar surface area (TPSA) is 69.6 Å². The highest BCUT2D eigenvalue weighted by atomic mass is 35.5. The summed E-state index contributed by atoms with van der Waals surface area (Å²) in [4.78, 5) is 12.3. The van der Waals surface area contributed by atoms with Gasteiger partial charge in [0, 0.05) is 6.54 Å². The summed E-state index contributed by atoms with van der Waals surface area (Å²) in [7, 11) is 0. The van der Waals surface area contributed by atoms with Crippen LogP contribution in [0.5, 0.6) is 0 Å². The number of halogens is 1. The smallest absolute Gasteiger partial charge is 0.223 e. The largest absolute Gasteiger partial charge is 0.368 e. The van der Waals surface area contributed by atoms with E-state index in [0.29, 0.717) is 16.3 Å². The van der Waals surface area contributed by atoms with Gasteiger partial charge in [-0.05, 0) is 18.4 Å². The zero-order chi connectivity index (χ0) is 13.9. The molecular formula is C14H14ClN5. The number of rotatable bonds is 4. The second kappa shape index (κ2) is 5.46. The third-order valence-corrected chi connectivity index (χ3v) is 3.41. The Hall–Kier alpha value is -2.14. The average molecular weight is 288 g/mol. The predicted octanol–water partition coefficient (Wildman–Crippen LogP) is 2.69. The van der Waals surface area contributed by atoms with Gasteiger partial charge in [0.15, 0.2) is 10.8 Å². The van der Waals surface area contributed by atoms with Crippen LogP contribution in [0.15, 0.2) is 36.7 Å². The van der Waals surface area contributed by atoms with Crippen LogP contribution in [0.4, 0.5) is 5.95 Å². The number of hydrogen-bond donors (Lipinski definition) is 1. The van der Waals surface area contributed by atoms with Gasteiger partial charge in [-0.25, -0.2) is 4.98 Å². The number of nitrogens with zero attached hydrogens (tertiary/aromatic N) is 4. The first-order valence-electron chi connectivity index (χ1n) is 6.42. The Morgan fingerprint density at radius 3 is 2.75 bits per heavy atom. The summed E-state index contributed by atoms with van der Waals surface area (Å²) in [6.07, 6.45) is 3.74. The predicted molar refractivity (Wildman–Crippen MR) is 79.5 cm³/mol. The summed E-state index contributed by atoms with van der Waals surface area (Å²) in [5, 5.41) is 0.300. The average Bonchev–Trinajstić information content (AvgIpc) is 2.83. The summed E-state index contributed by atoms with van der Waals surface area (Å²) in [6, 6.07) is 10.4. The van der Waals surface area contributed by atoms with Crippen molar-refractivity contribution in [1.82, 2.24) is 19.5 Å². The SMILES string of the molecule is Nc1nc(Cl)c2ncn(CCCc3ccccc3)c2n1. The molecule has 0 aliphatic carbocycles. The van der Waals surface area contributed by atoms with Crippen molar-refractivity contribution in [3.63, 3.8) is 0 Å². The van der Waals surface area contributed by atoms with Crippen molar-refractivity contribution in [2.75, 3.05) is 5.73 Å². The first kappa shape index (κ1) is 12.9. The van der Waals surface area contributed by atoms with Crippen LogP contribution >= 0.6 is 11.6 Å². The molecule has 1 aromatic carbocycles. The highest BCUT2D eigenvalue weighted by Crippen LogP contribution is 2.19. The summed E-state index contributed by atoms with van der Waals surface area (Å²) in [6.45, 7) is 0.818. The first-order valence-corrected chi connectivity index (χ1v) is 6.79. The molecule has 20 heavy (non-hydrogen) atoms. The van der Waals surface area contributed by atoms with E-state index in [1.807, 2.05) is 10.6 Å². The fourth-order valence-corrected chi connectivity index (χ4v) is 2.41. The minimum atomic E-state index is 0.173. The fraction of sp³-hybridized carbons (Fsp3) is 0.214. The van der Waals surface area contributed by atoms with Gasteiger partial charge in [-0.2, -0.15) is 9.97 Å². The molecule has 0 aliphatic rings. The molecule has 0 radical (unpaired) electrons. The first-order chi connectivity index (χ1) is 9.74. The molecule has 5 nitrogen and oxygen atoms in total. The molecule has 0 saturated heterocycles. The van der Waals surface area contributed by atoms with E-state index in [1.54, 1.807) is 6.33 Å². The third-order valence-electron chi connectivity index (χ3n) is 3.15. The van der Waals surface area contributed by atoms with Gasteiger partial charge in [-0.1, -0.05) is 41.9 Å². The Morgan fingerprint density at radius 2 is 1.95 bits per heavy atom. The normalized spacial score (nSPS) is 11.1. The standard InChI is InChI=1S/C14H14ClN5/c15-12-11-13(19-14(16)18-12)20(9-17-11)8-4-7-10-5-2-1-3-6-10/h1-3,5-6,9H,4,7-8H2,(H2,16,18,19). The van der Waals surface area contributed by atoms with Crippen molar-refractivity contribution < 1.29 is 0 Å². The van der Waals surface area contributed by atoms with Crippen molar-refractivity contribution in [3.05, 3.63) is 47.4 Å². The molecule has 3 rings (SSSR count). The van der Waals surface area contributed by atoms with Gasteiger partial charge in [0.05, 0.1) is 6.33 Å². The van der Waals surface area contributed by atoms with Crippen molar-refractivity contribution in [2.24, 2.45) is 0 Å². The number of fused-ring (bicyclic) bond motifs is 1. The highest BCUT2D eigenvalue weighted by molar-refractivity contribution is 6.33. The molecule has 0 spiro atoms. The number of benzene rings is 1. The van der Waals surface area contributed by atoms with E-state index in [2.05, 4.69) is 39.2 Å². The molecule has 6 heteroatoms. The molecule has 0 bridgehead atoms. The number of aromatic nitrogens is 4. The molecule has 0 unspecified atom stereocenters. The number of anilines is 1. The van der Waals surface area contributed by atoms with E-state index < -0.39 is 0 Å². The Morgan fingerprint density at radius 1 is 1.15 bits per heavy atom. The van der Waals surface area contributed by atoms with Gasteiger partial charge >= 0.3 is 0 Å². The zero-order valence-corrected chi connectivity index (χ0v) is 11.6. The van der Waals surface area contributed by atoms with Gasteiger partial charge in [0.1, 0.15) is 5.52 Å². The molecule has 0 atom stereocenters. The molecule has 0 saturated carbocycles. The fourth-order valence-electron chi connectivity index (χ4n) is 2.19.